The van der Waals surface area contributed by atoms with Crippen LogP contribution in [-0.2, 0) is 6.54 Å². The molecule has 0 radical (unpaired) electrons. The highest BCUT2D eigenvalue weighted by Gasteiger charge is 2.34. The van der Waals surface area contributed by atoms with Gasteiger partial charge in [-0.2, -0.15) is 0 Å². The molecule has 0 saturated heterocycles. The van der Waals surface area contributed by atoms with Crippen LogP contribution in [0.1, 0.15) is 44.7 Å². The normalized spacial score (nSPS) is 22.9. The quantitative estimate of drug-likeness (QED) is 0.882. The Hall–Kier alpha value is -0.860. The molecule has 2 unspecified atom stereocenters. The van der Waals surface area contributed by atoms with E-state index in [2.05, 4.69) is 69.2 Å². The van der Waals surface area contributed by atoms with Gasteiger partial charge in [0, 0.05) is 18.1 Å². The maximum Gasteiger partial charge on any atom is 0.0236 e. The van der Waals surface area contributed by atoms with Gasteiger partial charge in [0.25, 0.3) is 0 Å². The molecule has 2 nitrogen and oxygen atoms in total. The van der Waals surface area contributed by atoms with Crippen molar-refractivity contribution in [2.45, 2.75) is 58.7 Å². The van der Waals surface area contributed by atoms with Crippen LogP contribution < -0.4 is 5.32 Å². The molecule has 2 heteroatoms. The van der Waals surface area contributed by atoms with Crippen molar-refractivity contribution in [3.8, 4) is 0 Å². The number of nitrogens with zero attached hydrogens (tertiary/aromatic N) is 1. The largest absolute Gasteiger partial charge is 0.312 e. The molecule has 0 spiro atoms. The second-order valence-electron chi connectivity index (χ2n) is 7.38. The molecule has 1 fully saturated rings. The van der Waals surface area contributed by atoms with E-state index in [9.17, 15) is 0 Å². The molecule has 1 aromatic carbocycles. The maximum absolute atomic E-state index is 3.66. The number of hydrogen-bond acceptors (Lipinski definition) is 2. The van der Waals surface area contributed by atoms with E-state index in [1.807, 2.05) is 0 Å². The van der Waals surface area contributed by atoms with E-state index in [0.717, 1.165) is 25.0 Å². The summed E-state index contributed by atoms with van der Waals surface area (Å²) in [6.45, 7) is 11.2. The third kappa shape index (κ3) is 4.07. The van der Waals surface area contributed by atoms with Crippen LogP contribution >= 0.6 is 0 Å². The van der Waals surface area contributed by atoms with E-state index < -0.39 is 0 Å². The Balaban J connectivity index is 1.87. The molecule has 1 aliphatic rings. The summed E-state index contributed by atoms with van der Waals surface area (Å²) >= 11 is 0. The van der Waals surface area contributed by atoms with Crippen LogP contribution in [-0.4, -0.2) is 30.1 Å². The van der Waals surface area contributed by atoms with Gasteiger partial charge in [-0.1, -0.05) is 24.3 Å². The smallest absolute Gasteiger partial charge is 0.0236 e. The van der Waals surface area contributed by atoms with Crippen molar-refractivity contribution in [1.29, 1.82) is 0 Å². The minimum Gasteiger partial charge on any atom is -0.312 e. The average Bonchev–Trinajstić information content (AvgIpc) is 2.29. The average molecular weight is 274 g/mol. The molecule has 2 rings (SSSR count). The summed E-state index contributed by atoms with van der Waals surface area (Å²) in [6.07, 6.45) is 2.71. The lowest BCUT2D eigenvalue weighted by atomic mass is 9.78. The van der Waals surface area contributed by atoms with Gasteiger partial charge in [0.15, 0.2) is 0 Å². The lowest BCUT2D eigenvalue weighted by Crippen LogP contribution is -2.51. The molecular weight excluding hydrogens is 244 g/mol. The molecule has 0 aliphatic heterocycles. The van der Waals surface area contributed by atoms with Gasteiger partial charge in [-0.05, 0) is 71.2 Å². The lowest BCUT2D eigenvalue weighted by Gasteiger charge is -2.44. The van der Waals surface area contributed by atoms with E-state index in [4.69, 9.17) is 0 Å². The summed E-state index contributed by atoms with van der Waals surface area (Å²) in [5.41, 5.74) is 3.10. The van der Waals surface area contributed by atoms with Crippen molar-refractivity contribution in [2.75, 3.05) is 13.6 Å². The van der Waals surface area contributed by atoms with Gasteiger partial charge in [0.2, 0.25) is 0 Å². The van der Waals surface area contributed by atoms with Crippen molar-refractivity contribution in [1.82, 2.24) is 10.2 Å². The highest BCUT2D eigenvalue weighted by Crippen LogP contribution is 2.32. The van der Waals surface area contributed by atoms with E-state index >= 15 is 0 Å². The zero-order chi connectivity index (χ0) is 14.8. The number of aryl methyl sites for hydroxylation is 1. The Morgan fingerprint density at radius 1 is 1.20 bits per heavy atom. The third-order valence-corrected chi connectivity index (χ3v) is 4.52. The van der Waals surface area contributed by atoms with Gasteiger partial charge in [-0.15, -0.1) is 0 Å². The van der Waals surface area contributed by atoms with Crippen LogP contribution in [0.3, 0.4) is 0 Å². The molecule has 0 bridgehead atoms. The molecule has 1 aromatic rings. The van der Waals surface area contributed by atoms with Crippen molar-refractivity contribution < 1.29 is 0 Å². The third-order valence-electron chi connectivity index (χ3n) is 4.52. The molecule has 1 N–H and O–H groups in total. The highest BCUT2D eigenvalue weighted by molar-refractivity contribution is 5.25. The Kier molecular flexibility index (Phi) is 4.87. The van der Waals surface area contributed by atoms with Crippen LogP contribution in [0, 0.1) is 12.8 Å². The molecule has 112 valence electrons. The predicted octanol–water partition coefficient (Wildman–Crippen LogP) is 3.59. The van der Waals surface area contributed by atoms with Gasteiger partial charge >= 0.3 is 0 Å². The Morgan fingerprint density at radius 2 is 1.90 bits per heavy atom. The fourth-order valence-corrected chi connectivity index (χ4v) is 2.98. The predicted molar refractivity (Wildman–Crippen MR) is 86.9 cm³/mol. The minimum atomic E-state index is 0.231. The first kappa shape index (κ1) is 15.5. The van der Waals surface area contributed by atoms with Gasteiger partial charge < -0.3 is 5.32 Å². The van der Waals surface area contributed by atoms with Crippen molar-refractivity contribution in [3.05, 3.63) is 35.4 Å². The van der Waals surface area contributed by atoms with Crippen LogP contribution in [0.25, 0.3) is 0 Å². The van der Waals surface area contributed by atoms with Crippen LogP contribution in [0.2, 0.25) is 0 Å². The SMILES string of the molecule is Cc1ccccc1CN(C)C1CCC1CNC(C)(C)C. The number of nitrogens with one attached hydrogen (secondary N) is 1. The van der Waals surface area contributed by atoms with Gasteiger partial charge in [0.1, 0.15) is 0 Å². The number of hydrogen-bond donors (Lipinski definition) is 1. The first-order valence-electron chi connectivity index (χ1n) is 7.86. The Bertz CT molecular complexity index is 433. The maximum atomic E-state index is 3.66. The van der Waals surface area contributed by atoms with Crippen LogP contribution in [0.5, 0.6) is 0 Å². The van der Waals surface area contributed by atoms with E-state index in [1.165, 1.54) is 24.0 Å². The first-order valence-corrected chi connectivity index (χ1v) is 7.86. The summed E-state index contributed by atoms with van der Waals surface area (Å²) in [6, 6.07) is 9.48. The van der Waals surface area contributed by atoms with Crippen LogP contribution in [0.4, 0.5) is 0 Å². The highest BCUT2D eigenvalue weighted by atomic mass is 15.1. The molecule has 2 atom stereocenters. The fraction of sp³-hybridized carbons (Fsp3) is 0.667. The van der Waals surface area contributed by atoms with Crippen LogP contribution in [0.15, 0.2) is 24.3 Å². The zero-order valence-electron chi connectivity index (χ0n) is 13.7. The van der Waals surface area contributed by atoms with E-state index in [0.29, 0.717) is 0 Å². The molecule has 1 aliphatic carbocycles. The fourth-order valence-electron chi connectivity index (χ4n) is 2.98. The second-order valence-corrected chi connectivity index (χ2v) is 7.38. The van der Waals surface area contributed by atoms with E-state index in [-0.39, 0.29) is 5.54 Å². The van der Waals surface area contributed by atoms with E-state index in [1.54, 1.807) is 0 Å². The lowest BCUT2D eigenvalue weighted by molar-refractivity contribution is 0.0736. The number of benzene rings is 1. The molecular formula is C18H30N2. The summed E-state index contributed by atoms with van der Waals surface area (Å²) in [5.74, 6) is 0.809. The van der Waals surface area contributed by atoms with Crippen molar-refractivity contribution in [3.63, 3.8) is 0 Å². The second kappa shape index (κ2) is 6.28. The van der Waals surface area contributed by atoms with Gasteiger partial charge in [-0.25, -0.2) is 0 Å². The monoisotopic (exact) mass is 274 g/mol. The molecule has 0 amide bonds. The summed E-state index contributed by atoms with van der Waals surface area (Å²) in [4.78, 5) is 2.54. The molecule has 0 aromatic heterocycles. The minimum absolute atomic E-state index is 0.231. The zero-order valence-corrected chi connectivity index (χ0v) is 13.7. The van der Waals surface area contributed by atoms with Crippen molar-refractivity contribution >= 4 is 0 Å². The number of rotatable bonds is 5. The summed E-state index contributed by atoms with van der Waals surface area (Å²) in [7, 11) is 2.28. The van der Waals surface area contributed by atoms with Gasteiger partial charge in [0.05, 0.1) is 0 Å². The summed E-state index contributed by atoms with van der Waals surface area (Å²) < 4.78 is 0. The van der Waals surface area contributed by atoms with Gasteiger partial charge in [-0.3, -0.25) is 4.90 Å². The molecule has 20 heavy (non-hydrogen) atoms. The standard InChI is InChI=1S/C18H30N2/c1-14-8-6-7-9-16(14)13-20(5)17-11-10-15(17)12-19-18(2,3)4/h6-9,15,17,19H,10-13H2,1-5H3. The summed E-state index contributed by atoms with van der Waals surface area (Å²) in [5, 5.41) is 3.66. The van der Waals surface area contributed by atoms with Crippen molar-refractivity contribution in [2.24, 2.45) is 5.92 Å². The molecule has 0 heterocycles. The molecule has 1 saturated carbocycles. The first-order chi connectivity index (χ1) is 9.37. The Labute approximate surface area is 124 Å². The topological polar surface area (TPSA) is 15.3 Å². The Morgan fingerprint density at radius 3 is 2.45 bits per heavy atom.